The number of carbonyl (C=O) groups excluding carboxylic acids is 3. The number of imide groups is 1. The van der Waals surface area contributed by atoms with Crippen LogP contribution in [0.3, 0.4) is 0 Å². The molecule has 0 N–H and O–H groups in total. The third-order valence-corrected chi connectivity index (χ3v) is 76.7. The molecular formula is C13H24N3O6P13S. The van der Waals surface area contributed by atoms with Gasteiger partial charge in [-0.1, -0.05) is 27.1 Å². The largest absolute Gasteiger partial charge is 0.474 e. The second-order valence-corrected chi connectivity index (χ2v) is 57.4. The molecule has 36 heavy (non-hydrogen) atoms. The van der Waals surface area contributed by atoms with Gasteiger partial charge in [-0.3, -0.25) is 14.5 Å². The third kappa shape index (κ3) is 8.64. The van der Waals surface area contributed by atoms with Crippen LogP contribution in [0.4, 0.5) is 0 Å². The molecule has 0 radical (unpaired) electrons. The summed E-state index contributed by atoms with van der Waals surface area (Å²) in [7, 11) is 13.9. The van der Waals surface area contributed by atoms with Crippen molar-refractivity contribution in [1.82, 2.24) is 4.90 Å². The highest BCUT2D eigenvalue weighted by Gasteiger charge is 2.51. The summed E-state index contributed by atoms with van der Waals surface area (Å²) in [5.41, 5.74) is 9.47. The number of amides is 2. The van der Waals surface area contributed by atoms with Crippen molar-refractivity contribution in [1.29, 1.82) is 0 Å². The molecule has 198 valence electrons. The average molecular weight is 753 g/mol. The second-order valence-electron chi connectivity index (χ2n) is 6.74. The first-order chi connectivity index (χ1) is 16.7. The summed E-state index contributed by atoms with van der Waals surface area (Å²) in [5, 5.41) is -1.23. The van der Waals surface area contributed by atoms with E-state index in [9.17, 15) is 28.3 Å². The van der Waals surface area contributed by atoms with Gasteiger partial charge in [0.25, 0.3) is 9.84 Å². The fourth-order valence-corrected chi connectivity index (χ4v) is 99.2. The number of hydrogen-bond donors (Lipinski definition) is 0. The average Bonchev–Trinajstić information content (AvgIpc) is 3.19. The molecule has 23 heteroatoms. The van der Waals surface area contributed by atoms with E-state index in [-0.39, 0.29) is 17.7 Å². The van der Waals surface area contributed by atoms with Crippen molar-refractivity contribution < 1.29 is 32.1 Å². The van der Waals surface area contributed by atoms with Crippen molar-refractivity contribution in [3.05, 3.63) is 35.9 Å². The van der Waals surface area contributed by atoms with Gasteiger partial charge in [0.15, 0.2) is 7.53 Å². The minimum absolute atomic E-state index is 0.00703. The Hall–Kier alpha value is 2.75. The Labute approximate surface area is 233 Å². The van der Waals surface area contributed by atoms with Crippen LogP contribution in [0.2, 0.25) is 0 Å². The smallest absolute Gasteiger partial charge is 0.433 e. The van der Waals surface area contributed by atoms with Crippen molar-refractivity contribution in [2.75, 3.05) is 0 Å². The maximum Gasteiger partial charge on any atom is 0.474 e. The number of rotatable bonds is 8. The molecule has 1 aliphatic rings. The van der Waals surface area contributed by atoms with E-state index in [1.807, 2.05) is 0 Å². The summed E-state index contributed by atoms with van der Waals surface area (Å²) >= 11 is 0. The quantitative estimate of drug-likeness (QED) is 0.0918. The SMILES string of the molecule is [N-]=[N+]=C(C(=O)N1C(=O)CCC1C(=O)OP(P(P)P(P)P)P(P(P)P)P(P)P)S(=O)(=O)c1ccccc1. The van der Waals surface area contributed by atoms with Crippen LogP contribution in [0, 0.1) is 0 Å². The molecule has 1 aromatic carbocycles. The van der Waals surface area contributed by atoms with Crippen LogP contribution in [-0.2, 0) is 28.7 Å². The van der Waals surface area contributed by atoms with Crippen LogP contribution in [0.1, 0.15) is 12.8 Å². The molecule has 10 atom stereocenters. The van der Waals surface area contributed by atoms with Crippen LogP contribution in [0.25, 0.3) is 5.53 Å². The van der Waals surface area contributed by atoms with Crippen molar-refractivity contribution in [3.8, 4) is 0 Å². The lowest BCUT2D eigenvalue weighted by Gasteiger charge is -2.37. The number of likely N-dealkylation sites (tertiary alicyclic amines) is 1. The number of sulfone groups is 1. The van der Waals surface area contributed by atoms with Gasteiger partial charge in [0.05, 0.1) is 4.90 Å². The van der Waals surface area contributed by atoms with Crippen molar-refractivity contribution in [2.24, 2.45) is 0 Å². The van der Waals surface area contributed by atoms with Crippen LogP contribution in [0.5, 0.6) is 0 Å². The Balaban J connectivity index is 2.41. The first kappa shape index (κ1) is 34.9. The summed E-state index contributed by atoms with van der Waals surface area (Å²) in [6.45, 7) is -3.22. The first-order valence-corrected chi connectivity index (χ1v) is 33.7. The highest BCUT2D eigenvalue weighted by atomic mass is 33.2. The van der Waals surface area contributed by atoms with Gasteiger partial charge in [-0.05, 0) is 39.5 Å². The maximum atomic E-state index is 13.4. The normalized spacial score (nSPS) is 18.0. The molecular weight excluding hydrogens is 729 g/mol. The van der Waals surface area contributed by atoms with Gasteiger partial charge in [0.1, 0.15) is 6.04 Å². The monoisotopic (exact) mass is 753 g/mol. The van der Waals surface area contributed by atoms with E-state index in [0.717, 1.165) is 0 Å². The molecule has 0 aliphatic carbocycles. The lowest BCUT2D eigenvalue weighted by molar-refractivity contribution is -0.150. The van der Waals surface area contributed by atoms with Gasteiger partial charge in [0, 0.05) is 20.4 Å². The minimum Gasteiger partial charge on any atom is -0.433 e. The van der Waals surface area contributed by atoms with Gasteiger partial charge in [0.2, 0.25) is 5.91 Å². The summed E-state index contributed by atoms with van der Waals surface area (Å²) < 4.78 is 32.0. The number of carbonyl (C=O) groups is 3. The molecule has 0 saturated carbocycles. The fourth-order valence-electron chi connectivity index (χ4n) is 2.87. The Bertz CT molecular complexity index is 1140. The molecule has 0 bridgehead atoms. The summed E-state index contributed by atoms with van der Waals surface area (Å²) in [4.78, 5) is 42.3. The van der Waals surface area contributed by atoms with Crippen molar-refractivity contribution >= 4 is 138 Å². The maximum absolute atomic E-state index is 13.4. The van der Waals surface area contributed by atoms with Crippen LogP contribution in [-0.4, -0.2) is 47.0 Å². The lowest BCUT2D eigenvalue weighted by Crippen LogP contribution is -2.48. The molecule has 0 aromatic heterocycles. The van der Waals surface area contributed by atoms with E-state index >= 15 is 0 Å². The van der Waals surface area contributed by atoms with E-state index in [1.54, 1.807) is 6.07 Å². The van der Waals surface area contributed by atoms with Gasteiger partial charge in [-0.2, -0.15) is 0 Å². The standard InChI is InChI=1S/C13H24N3O6P13S/c14-15-11(36(20,21)8-4-2-1-3-5-8)12(18)16-9(6-7-10(16)17)13(19)22-30(34(29)31(23)24)35(32(25)26)33(27)28/h1-5,9H,6-7,23-29H2. The number of benzene rings is 1. The second kappa shape index (κ2) is 15.8. The molecule has 1 aromatic rings. The summed E-state index contributed by atoms with van der Waals surface area (Å²) in [5.74, 6) is -2.84. The van der Waals surface area contributed by atoms with E-state index in [2.05, 4.69) is 67.3 Å². The molecule has 9 nitrogen and oxygen atoms in total. The van der Waals surface area contributed by atoms with Crippen LogP contribution in [0.15, 0.2) is 35.2 Å². The molecule has 2 amide bonds. The third-order valence-electron chi connectivity index (χ3n) is 4.43. The molecule has 1 saturated heterocycles. The van der Waals surface area contributed by atoms with E-state index in [1.165, 1.54) is 24.3 Å². The molecule has 1 aliphatic heterocycles. The molecule has 10 unspecified atom stereocenters. The van der Waals surface area contributed by atoms with Gasteiger partial charge >= 0.3 is 16.9 Å². The predicted molar refractivity (Wildman–Crippen MR) is 183 cm³/mol. The zero-order valence-corrected chi connectivity index (χ0v) is 32.6. The Morgan fingerprint density at radius 2 is 1.56 bits per heavy atom. The zero-order chi connectivity index (χ0) is 27.4. The Morgan fingerprint density at radius 3 is 2.03 bits per heavy atom. The van der Waals surface area contributed by atoms with Crippen molar-refractivity contribution in [3.63, 3.8) is 0 Å². The molecule has 2 rings (SSSR count). The van der Waals surface area contributed by atoms with Gasteiger partial charge < -0.3 is 10.1 Å². The van der Waals surface area contributed by atoms with Gasteiger partial charge in [-0.15, -0.1) is 58.4 Å². The van der Waals surface area contributed by atoms with Gasteiger partial charge in [-0.25, -0.2) is 13.2 Å². The minimum atomic E-state index is -4.54. The molecule has 1 fully saturated rings. The Morgan fingerprint density at radius 1 is 1.00 bits per heavy atom. The predicted octanol–water partition coefficient (Wildman–Crippen LogP) is 7.06. The summed E-state index contributed by atoms with van der Waals surface area (Å²) in [6, 6.07) is 5.65. The molecule has 1 heterocycles. The van der Waals surface area contributed by atoms with E-state index in [0.29, 0.717) is 4.90 Å². The highest BCUT2D eigenvalue weighted by molar-refractivity contribution is 9.19. The molecule has 0 spiro atoms. The fraction of sp³-hybridized carbons (Fsp3) is 0.231. The van der Waals surface area contributed by atoms with Crippen molar-refractivity contribution in [2.45, 2.75) is 23.8 Å². The zero-order valence-electron chi connectivity index (χ0n) is 18.3. The lowest BCUT2D eigenvalue weighted by atomic mass is 10.2. The number of nitrogens with zero attached hydrogens (tertiary/aromatic N) is 3. The van der Waals surface area contributed by atoms with Crippen LogP contribution >= 0.6 is 105 Å². The highest BCUT2D eigenvalue weighted by Crippen LogP contribution is 3.17. The van der Waals surface area contributed by atoms with Crippen LogP contribution < -0.4 is 0 Å². The topological polar surface area (TPSA) is 134 Å². The first-order valence-electron chi connectivity index (χ1n) is 9.39. The Kier molecular flexibility index (Phi) is 15.4. The van der Waals surface area contributed by atoms with E-state index < -0.39 is 81.2 Å². The summed E-state index contributed by atoms with van der Waals surface area (Å²) in [6.07, 6.45) is -0.148. The van der Waals surface area contributed by atoms with E-state index in [4.69, 9.17) is 4.52 Å². The number of hydrogen-bond acceptors (Lipinski definition) is 6.